The van der Waals surface area contributed by atoms with E-state index in [2.05, 4.69) is 5.32 Å². The van der Waals surface area contributed by atoms with Crippen LogP contribution < -0.4 is 19.7 Å². The number of fused-ring (bicyclic) bond motifs is 1. The van der Waals surface area contributed by atoms with Gasteiger partial charge in [0.25, 0.3) is 5.91 Å². The molecule has 2 atom stereocenters. The zero-order valence-electron chi connectivity index (χ0n) is 24.0. The Kier molecular flexibility index (Phi) is 7.73. The summed E-state index contributed by atoms with van der Waals surface area (Å²) in [6.45, 7) is 0. The number of benzene rings is 3. The fourth-order valence-corrected chi connectivity index (χ4v) is 6.57. The minimum Gasteiger partial charge on any atom is -0.493 e. The van der Waals surface area contributed by atoms with Crippen LogP contribution in [0.1, 0.15) is 56.0 Å². The predicted molar refractivity (Wildman–Crippen MR) is 165 cm³/mol. The van der Waals surface area contributed by atoms with Crippen LogP contribution in [-0.4, -0.2) is 39.0 Å². The van der Waals surface area contributed by atoms with E-state index in [-0.39, 0.29) is 24.0 Å². The number of ketones is 1. The monoisotopic (exact) mass is 594 g/mol. The van der Waals surface area contributed by atoms with Gasteiger partial charge >= 0.3 is 5.97 Å². The standard InChI is InChI=1S/C34H30N2O6S/c1-40-28-15-14-22(19-29(28)41-2)23-17-25-31(27(37)18-23)32(20-10-12-21(13-11-20)34(39)42-3)36(33(38)30-9-6-16-43-30)26-8-5-4-7-24(26)35-25/h4-16,19,23,32,35H,17-18H2,1-3H3. The minimum absolute atomic E-state index is 0.0626. The third-order valence-electron chi connectivity index (χ3n) is 7.97. The van der Waals surface area contributed by atoms with Gasteiger partial charge in [-0.25, -0.2) is 4.79 Å². The zero-order chi connectivity index (χ0) is 30.1. The molecule has 1 aliphatic carbocycles. The maximum Gasteiger partial charge on any atom is 0.337 e. The molecule has 2 aliphatic rings. The number of rotatable bonds is 6. The molecule has 1 N–H and O–H groups in total. The van der Waals surface area contributed by atoms with E-state index in [1.165, 1.54) is 18.4 Å². The predicted octanol–water partition coefficient (Wildman–Crippen LogP) is 6.77. The van der Waals surface area contributed by atoms with Crippen LogP contribution in [0, 0.1) is 0 Å². The molecule has 1 aliphatic heterocycles. The maximum absolute atomic E-state index is 14.3. The number of nitrogens with one attached hydrogen (secondary N) is 1. The Balaban J connectivity index is 1.52. The summed E-state index contributed by atoms with van der Waals surface area (Å²) in [5, 5.41) is 5.41. The normalized spacial score (nSPS) is 17.7. The number of esters is 1. The van der Waals surface area contributed by atoms with Crippen molar-refractivity contribution in [1.29, 1.82) is 0 Å². The molecule has 6 rings (SSSR count). The molecule has 43 heavy (non-hydrogen) atoms. The second-order valence-corrected chi connectivity index (χ2v) is 11.3. The number of carbonyl (C=O) groups excluding carboxylic acids is 3. The Morgan fingerprint density at radius 2 is 1.60 bits per heavy atom. The summed E-state index contributed by atoms with van der Waals surface area (Å²) >= 11 is 1.35. The van der Waals surface area contributed by atoms with Crippen LogP contribution in [0.2, 0.25) is 0 Å². The molecule has 9 heteroatoms. The number of hydrogen-bond acceptors (Lipinski definition) is 8. The number of anilines is 2. The lowest BCUT2D eigenvalue weighted by atomic mass is 9.78. The van der Waals surface area contributed by atoms with Gasteiger partial charge in [0.15, 0.2) is 17.3 Å². The van der Waals surface area contributed by atoms with Gasteiger partial charge in [-0.15, -0.1) is 11.3 Å². The number of para-hydroxylation sites is 2. The molecule has 0 saturated heterocycles. The van der Waals surface area contributed by atoms with Crippen molar-refractivity contribution in [2.24, 2.45) is 0 Å². The van der Waals surface area contributed by atoms with E-state index in [0.717, 1.165) is 16.9 Å². The first kappa shape index (κ1) is 28.2. The third-order valence-corrected chi connectivity index (χ3v) is 8.82. The minimum atomic E-state index is -0.730. The second kappa shape index (κ2) is 11.8. The van der Waals surface area contributed by atoms with E-state index in [1.807, 2.05) is 53.9 Å². The molecule has 1 aromatic heterocycles. The van der Waals surface area contributed by atoms with Crippen molar-refractivity contribution in [3.8, 4) is 11.5 Å². The molecule has 0 bridgehead atoms. The van der Waals surface area contributed by atoms with Crippen molar-refractivity contribution in [2.75, 3.05) is 31.5 Å². The number of Topliss-reactive ketones (excluding diaryl/α,β-unsaturated/α-hetero) is 1. The van der Waals surface area contributed by atoms with E-state index in [9.17, 15) is 14.4 Å². The number of methoxy groups -OCH3 is 3. The van der Waals surface area contributed by atoms with Crippen LogP contribution in [0.3, 0.4) is 0 Å². The third kappa shape index (κ3) is 5.17. The molecule has 218 valence electrons. The zero-order valence-corrected chi connectivity index (χ0v) is 24.8. The fourth-order valence-electron chi connectivity index (χ4n) is 5.91. The van der Waals surface area contributed by atoms with Gasteiger partial charge in [0.1, 0.15) is 0 Å². The van der Waals surface area contributed by atoms with Gasteiger partial charge in [0, 0.05) is 17.7 Å². The van der Waals surface area contributed by atoms with E-state index in [4.69, 9.17) is 14.2 Å². The largest absolute Gasteiger partial charge is 0.493 e. The second-order valence-electron chi connectivity index (χ2n) is 10.3. The van der Waals surface area contributed by atoms with Crippen LogP contribution in [0.15, 0.2) is 95.5 Å². The molecule has 0 fully saturated rings. The van der Waals surface area contributed by atoms with Crippen molar-refractivity contribution in [1.82, 2.24) is 0 Å². The van der Waals surface area contributed by atoms with Gasteiger partial charge in [-0.1, -0.05) is 36.4 Å². The summed E-state index contributed by atoms with van der Waals surface area (Å²) in [4.78, 5) is 43.0. The summed E-state index contributed by atoms with van der Waals surface area (Å²) in [5.41, 5.74) is 4.73. The lowest BCUT2D eigenvalue weighted by molar-refractivity contribution is -0.116. The van der Waals surface area contributed by atoms with Crippen LogP contribution in [0.25, 0.3) is 0 Å². The Bertz CT molecular complexity index is 1730. The Morgan fingerprint density at radius 1 is 0.860 bits per heavy atom. The molecule has 2 unspecified atom stereocenters. The number of hydrogen-bond donors (Lipinski definition) is 1. The van der Waals surface area contributed by atoms with Crippen molar-refractivity contribution in [2.45, 2.75) is 24.8 Å². The van der Waals surface area contributed by atoms with E-state index in [0.29, 0.717) is 45.2 Å². The van der Waals surface area contributed by atoms with Crippen LogP contribution in [-0.2, 0) is 9.53 Å². The molecular formula is C34H30N2O6S. The first-order valence-electron chi connectivity index (χ1n) is 13.8. The first-order chi connectivity index (χ1) is 20.9. The van der Waals surface area contributed by atoms with E-state index in [1.54, 1.807) is 49.5 Å². The summed E-state index contributed by atoms with van der Waals surface area (Å²) < 4.78 is 15.9. The summed E-state index contributed by atoms with van der Waals surface area (Å²) in [7, 11) is 4.51. The number of ether oxygens (including phenoxy) is 3. The molecule has 8 nitrogen and oxygen atoms in total. The number of amides is 1. The molecule has 3 aromatic carbocycles. The lowest BCUT2D eigenvalue weighted by Crippen LogP contribution is -2.38. The topological polar surface area (TPSA) is 94.2 Å². The molecule has 0 saturated carbocycles. The van der Waals surface area contributed by atoms with Crippen LogP contribution >= 0.6 is 11.3 Å². The smallest absolute Gasteiger partial charge is 0.337 e. The molecule has 4 aromatic rings. The quantitative estimate of drug-likeness (QED) is 0.246. The van der Waals surface area contributed by atoms with Gasteiger partial charge in [-0.05, 0) is 71.3 Å². The molecule has 0 spiro atoms. The molecule has 1 amide bonds. The van der Waals surface area contributed by atoms with E-state index < -0.39 is 12.0 Å². The van der Waals surface area contributed by atoms with Crippen molar-refractivity contribution < 1.29 is 28.6 Å². The summed E-state index contributed by atoms with van der Waals surface area (Å²) in [5.74, 6) is 0.364. The summed E-state index contributed by atoms with van der Waals surface area (Å²) in [6.07, 6.45) is 0.798. The Labute approximate surface area is 253 Å². The Morgan fingerprint density at radius 3 is 2.30 bits per heavy atom. The summed E-state index contributed by atoms with van der Waals surface area (Å²) in [6, 6.07) is 23.1. The highest BCUT2D eigenvalue weighted by molar-refractivity contribution is 7.12. The van der Waals surface area contributed by atoms with Crippen LogP contribution in [0.5, 0.6) is 11.5 Å². The highest BCUT2D eigenvalue weighted by atomic mass is 32.1. The number of thiophene rings is 1. The Hall–Kier alpha value is -4.89. The van der Waals surface area contributed by atoms with Crippen LogP contribution in [0.4, 0.5) is 11.4 Å². The molecule has 2 heterocycles. The van der Waals surface area contributed by atoms with Gasteiger partial charge in [0.05, 0.1) is 49.2 Å². The van der Waals surface area contributed by atoms with Crippen molar-refractivity contribution >= 4 is 40.4 Å². The van der Waals surface area contributed by atoms with Crippen molar-refractivity contribution in [3.63, 3.8) is 0 Å². The number of nitrogens with zero attached hydrogens (tertiary/aromatic N) is 1. The number of carbonyl (C=O) groups is 3. The lowest BCUT2D eigenvalue weighted by Gasteiger charge is -2.35. The number of allylic oxidation sites excluding steroid dienone is 1. The maximum atomic E-state index is 14.3. The highest BCUT2D eigenvalue weighted by Gasteiger charge is 2.42. The van der Waals surface area contributed by atoms with Gasteiger partial charge in [-0.3, -0.25) is 14.5 Å². The fraction of sp³-hybridized carbons (Fsp3) is 0.206. The molecule has 0 radical (unpaired) electrons. The van der Waals surface area contributed by atoms with Gasteiger partial charge in [-0.2, -0.15) is 0 Å². The highest BCUT2D eigenvalue weighted by Crippen LogP contribution is 2.48. The van der Waals surface area contributed by atoms with E-state index >= 15 is 0 Å². The van der Waals surface area contributed by atoms with Gasteiger partial charge < -0.3 is 19.5 Å². The first-order valence-corrected chi connectivity index (χ1v) is 14.7. The average Bonchev–Trinajstić information content (AvgIpc) is 3.54. The SMILES string of the molecule is COC(=O)c1ccc(C2C3=C(CC(c4ccc(OC)c(OC)c4)CC3=O)Nc3ccccc3N2C(=O)c2cccs2)cc1. The van der Waals surface area contributed by atoms with Crippen molar-refractivity contribution in [3.05, 3.63) is 117 Å². The van der Waals surface area contributed by atoms with Gasteiger partial charge in [0.2, 0.25) is 0 Å². The molecular weight excluding hydrogens is 564 g/mol. The average molecular weight is 595 g/mol.